The average molecular weight is 738 g/mol. The molecule has 272 valence electrons. The molecule has 1 aliphatic rings. The number of methoxy groups -OCH3 is 1. The number of nitro groups is 1. The maximum Gasteiger partial charge on any atom is 0.343 e. The zero-order valence-corrected chi connectivity index (χ0v) is 30.1. The lowest BCUT2D eigenvalue weighted by Gasteiger charge is -2.25. The normalized spacial score (nSPS) is 14.0. The van der Waals surface area contributed by atoms with E-state index in [2.05, 4.69) is 0 Å². The zero-order chi connectivity index (χ0) is 37.6. The molecule has 5 aromatic rings. The zero-order valence-electron chi connectivity index (χ0n) is 29.3. The summed E-state index contributed by atoms with van der Waals surface area (Å²) in [4.78, 5) is 55.6. The summed E-state index contributed by atoms with van der Waals surface area (Å²) in [6, 6.07) is 21.6. The molecule has 0 saturated heterocycles. The molecule has 13 nitrogen and oxygen atoms in total. The first-order chi connectivity index (χ1) is 25.6. The number of allylic oxidation sites excluding steroid dienone is 1. The number of rotatable bonds is 13. The van der Waals surface area contributed by atoms with Crippen LogP contribution >= 0.6 is 11.3 Å². The quantitative estimate of drug-likeness (QED) is 0.0872. The highest BCUT2D eigenvalue weighted by atomic mass is 32.1. The molecule has 0 spiro atoms. The Kier molecular flexibility index (Phi) is 11.0. The van der Waals surface area contributed by atoms with Gasteiger partial charge in [0.05, 0.1) is 47.1 Å². The second-order valence-corrected chi connectivity index (χ2v) is 12.7. The van der Waals surface area contributed by atoms with Crippen LogP contribution in [0.4, 0.5) is 5.69 Å². The third-order valence-electron chi connectivity index (χ3n) is 8.42. The van der Waals surface area contributed by atoms with E-state index in [4.69, 9.17) is 28.7 Å². The molecular formula is C39H35N3O10S. The van der Waals surface area contributed by atoms with E-state index in [1.54, 1.807) is 57.2 Å². The largest absolute Gasteiger partial charge is 0.490 e. The second-order valence-electron chi connectivity index (χ2n) is 11.7. The SMILES string of the molecule is CCOC(=O)C1=C(C)N=c2s/c(=C/c3c(OCc4ccc([N+](=O)[O-])cc4)ccc4ccccc34)c(=O)n2[C@H]1c1ccc(OCC(=O)OC)c(OCC)c1. The number of esters is 2. The maximum atomic E-state index is 14.5. The number of nitrogens with zero attached hydrogens (tertiary/aromatic N) is 3. The van der Waals surface area contributed by atoms with E-state index in [0.29, 0.717) is 37.7 Å². The van der Waals surface area contributed by atoms with Crippen LogP contribution in [0.3, 0.4) is 0 Å². The number of fused-ring (bicyclic) bond motifs is 2. The Morgan fingerprint density at radius 3 is 2.42 bits per heavy atom. The molecule has 0 saturated carbocycles. The molecule has 0 aliphatic carbocycles. The van der Waals surface area contributed by atoms with E-state index < -0.39 is 28.5 Å². The first-order valence-electron chi connectivity index (χ1n) is 16.7. The Labute approximate surface area is 307 Å². The third kappa shape index (κ3) is 7.67. The van der Waals surface area contributed by atoms with Crippen LogP contribution in [0.1, 0.15) is 43.5 Å². The molecule has 0 fully saturated rings. The summed E-state index contributed by atoms with van der Waals surface area (Å²) in [6.45, 7) is 5.37. The van der Waals surface area contributed by atoms with Crippen LogP contribution < -0.4 is 29.1 Å². The van der Waals surface area contributed by atoms with Gasteiger partial charge in [0.2, 0.25) is 0 Å². The summed E-state index contributed by atoms with van der Waals surface area (Å²) >= 11 is 1.17. The lowest BCUT2D eigenvalue weighted by molar-refractivity contribution is -0.384. The van der Waals surface area contributed by atoms with E-state index in [1.165, 1.54) is 35.1 Å². The van der Waals surface area contributed by atoms with Gasteiger partial charge in [-0.2, -0.15) is 0 Å². The van der Waals surface area contributed by atoms with Gasteiger partial charge >= 0.3 is 11.9 Å². The van der Waals surface area contributed by atoms with E-state index in [-0.39, 0.29) is 43.4 Å². The summed E-state index contributed by atoms with van der Waals surface area (Å²) in [5.41, 5.74) is 2.07. The van der Waals surface area contributed by atoms with Crippen LogP contribution in [-0.2, 0) is 25.7 Å². The Hall–Kier alpha value is -6.28. The number of hydrogen-bond donors (Lipinski definition) is 0. The predicted molar refractivity (Wildman–Crippen MR) is 197 cm³/mol. The minimum atomic E-state index is -0.938. The molecule has 4 aromatic carbocycles. The fourth-order valence-corrected chi connectivity index (χ4v) is 6.97. The van der Waals surface area contributed by atoms with E-state index >= 15 is 0 Å². The molecule has 0 bridgehead atoms. The van der Waals surface area contributed by atoms with Crippen molar-refractivity contribution in [3.05, 3.63) is 137 Å². The van der Waals surface area contributed by atoms with Gasteiger partial charge in [0, 0.05) is 17.7 Å². The number of nitro benzene ring substituents is 1. The Balaban J connectivity index is 1.48. The Bertz CT molecular complexity index is 2430. The van der Waals surface area contributed by atoms with Gasteiger partial charge in [-0.15, -0.1) is 0 Å². The molecule has 6 rings (SSSR count). The van der Waals surface area contributed by atoms with Crippen molar-refractivity contribution in [1.29, 1.82) is 0 Å². The number of aromatic nitrogens is 1. The van der Waals surface area contributed by atoms with Gasteiger partial charge in [0.25, 0.3) is 11.2 Å². The van der Waals surface area contributed by atoms with Gasteiger partial charge in [-0.05, 0) is 79.1 Å². The minimum Gasteiger partial charge on any atom is -0.490 e. The van der Waals surface area contributed by atoms with Gasteiger partial charge in [-0.25, -0.2) is 14.6 Å². The summed E-state index contributed by atoms with van der Waals surface area (Å²) < 4.78 is 29.7. The highest BCUT2D eigenvalue weighted by Crippen LogP contribution is 2.37. The topological polar surface area (TPSA) is 158 Å². The molecule has 2 heterocycles. The molecule has 1 aromatic heterocycles. The highest BCUT2D eigenvalue weighted by molar-refractivity contribution is 7.07. The second kappa shape index (κ2) is 15.9. The lowest BCUT2D eigenvalue weighted by Crippen LogP contribution is -2.40. The van der Waals surface area contributed by atoms with Crippen molar-refractivity contribution in [2.24, 2.45) is 4.99 Å². The number of carbonyl (C=O) groups excluding carboxylic acids is 2. The monoisotopic (exact) mass is 737 g/mol. The number of thiazole rings is 1. The number of non-ortho nitro benzene ring substituents is 1. The Morgan fingerprint density at radius 1 is 0.943 bits per heavy atom. The van der Waals surface area contributed by atoms with Crippen molar-refractivity contribution < 1.29 is 38.2 Å². The van der Waals surface area contributed by atoms with Crippen LogP contribution in [0.25, 0.3) is 16.8 Å². The number of ether oxygens (including phenoxy) is 5. The van der Waals surface area contributed by atoms with E-state index in [0.717, 1.165) is 16.3 Å². The predicted octanol–water partition coefficient (Wildman–Crippen LogP) is 5.39. The van der Waals surface area contributed by atoms with Gasteiger partial charge < -0.3 is 23.7 Å². The molecule has 53 heavy (non-hydrogen) atoms. The molecular weight excluding hydrogens is 703 g/mol. The summed E-state index contributed by atoms with van der Waals surface area (Å²) in [5.74, 6) is -0.105. The highest BCUT2D eigenvalue weighted by Gasteiger charge is 2.34. The van der Waals surface area contributed by atoms with Gasteiger partial charge in [0.15, 0.2) is 22.9 Å². The third-order valence-corrected chi connectivity index (χ3v) is 9.40. The van der Waals surface area contributed by atoms with Crippen molar-refractivity contribution in [1.82, 2.24) is 4.57 Å². The van der Waals surface area contributed by atoms with Crippen LogP contribution in [-0.4, -0.2) is 48.4 Å². The molecule has 1 aliphatic heterocycles. The molecule has 14 heteroatoms. The average Bonchev–Trinajstić information content (AvgIpc) is 3.46. The lowest BCUT2D eigenvalue weighted by atomic mass is 9.95. The summed E-state index contributed by atoms with van der Waals surface area (Å²) in [7, 11) is 1.26. The van der Waals surface area contributed by atoms with Crippen molar-refractivity contribution in [2.45, 2.75) is 33.4 Å². The van der Waals surface area contributed by atoms with Crippen molar-refractivity contribution in [2.75, 3.05) is 26.9 Å². The molecule has 0 amide bonds. The van der Waals surface area contributed by atoms with Gasteiger partial charge in [-0.1, -0.05) is 47.7 Å². The molecule has 0 unspecified atom stereocenters. The number of benzene rings is 4. The fraction of sp³-hybridized carbons (Fsp3) is 0.231. The van der Waals surface area contributed by atoms with E-state index in [9.17, 15) is 24.5 Å². The number of carbonyl (C=O) groups is 2. The van der Waals surface area contributed by atoms with Crippen LogP contribution in [0.2, 0.25) is 0 Å². The van der Waals surface area contributed by atoms with E-state index in [1.807, 2.05) is 36.4 Å². The van der Waals surface area contributed by atoms with Crippen LogP contribution in [0.5, 0.6) is 17.2 Å². The first kappa shape index (κ1) is 36.5. The number of hydrogen-bond acceptors (Lipinski definition) is 12. The first-order valence-corrected chi connectivity index (χ1v) is 17.5. The van der Waals surface area contributed by atoms with Crippen molar-refractivity contribution >= 4 is 45.8 Å². The smallest absolute Gasteiger partial charge is 0.343 e. The van der Waals surface area contributed by atoms with Crippen LogP contribution in [0, 0.1) is 10.1 Å². The molecule has 1 atom stereocenters. The van der Waals surface area contributed by atoms with Crippen molar-refractivity contribution in [3.63, 3.8) is 0 Å². The fourth-order valence-electron chi connectivity index (χ4n) is 5.94. The van der Waals surface area contributed by atoms with Gasteiger partial charge in [-0.3, -0.25) is 19.5 Å². The van der Waals surface area contributed by atoms with Crippen LogP contribution in [0.15, 0.2) is 99.9 Å². The molecule has 0 N–H and O–H groups in total. The summed E-state index contributed by atoms with van der Waals surface area (Å²) in [6.07, 6.45) is 1.76. The summed E-state index contributed by atoms with van der Waals surface area (Å²) in [5, 5.41) is 12.9. The van der Waals surface area contributed by atoms with Crippen molar-refractivity contribution in [3.8, 4) is 17.2 Å². The maximum absolute atomic E-state index is 14.5. The van der Waals surface area contributed by atoms with Gasteiger partial charge in [0.1, 0.15) is 12.4 Å². The standard InChI is InChI=1S/C39H35N3O10S/c1-5-49-32-19-26(14-18-31(32)52-22-34(43)48-4)36-35(38(45)50-6-2)23(3)40-39-41(36)37(44)33(53-39)20-29-28-10-8-7-9-25(28)13-17-30(29)51-21-24-11-15-27(16-12-24)42(46)47/h7-20,36H,5-6,21-22H2,1-4H3/b33-20+/t36-/m0/s1. The molecule has 0 radical (unpaired) electrons. The minimum absolute atomic E-state index is 0.0212. The Morgan fingerprint density at radius 2 is 1.70 bits per heavy atom.